The molecule has 0 aromatic heterocycles. The lowest BCUT2D eigenvalue weighted by Gasteiger charge is -2.28. The van der Waals surface area contributed by atoms with E-state index in [9.17, 15) is 13.2 Å². The molecule has 118 valence electrons. The summed E-state index contributed by atoms with van der Waals surface area (Å²) in [5, 5.41) is 8.82. The second kappa shape index (κ2) is 6.34. The zero-order valence-corrected chi connectivity index (χ0v) is 13.4. The Morgan fingerprint density at radius 2 is 1.86 bits per heavy atom. The number of anilines is 2. The van der Waals surface area contributed by atoms with E-state index < -0.39 is 21.4 Å². The Balaban J connectivity index is 3.20. The average Bonchev–Trinajstić information content (AvgIpc) is 2.27. The summed E-state index contributed by atoms with van der Waals surface area (Å²) < 4.78 is 26.3. The van der Waals surface area contributed by atoms with Crippen LogP contribution < -0.4 is 10.0 Å². The third kappa shape index (κ3) is 5.26. The molecule has 1 aromatic rings. The van der Waals surface area contributed by atoms with E-state index in [1.54, 1.807) is 24.3 Å². The average molecular weight is 314 g/mol. The highest BCUT2D eigenvalue weighted by atomic mass is 32.2. The van der Waals surface area contributed by atoms with E-state index >= 15 is 0 Å². The van der Waals surface area contributed by atoms with E-state index in [-0.39, 0.29) is 18.7 Å². The molecule has 0 amide bonds. The van der Waals surface area contributed by atoms with Crippen LogP contribution >= 0.6 is 0 Å². The number of carboxylic acids is 1. The third-order valence-electron chi connectivity index (χ3n) is 2.69. The van der Waals surface area contributed by atoms with Gasteiger partial charge in [-0.05, 0) is 17.5 Å². The van der Waals surface area contributed by atoms with Gasteiger partial charge in [0.2, 0.25) is 10.0 Å². The molecule has 3 N–H and O–H groups in total. The Bertz CT molecular complexity index is 606. The molecule has 0 heterocycles. The normalized spacial score (nSPS) is 12.1. The number of sulfonamides is 1. The van der Waals surface area contributed by atoms with Gasteiger partial charge < -0.3 is 10.8 Å². The van der Waals surface area contributed by atoms with Crippen LogP contribution in [0.5, 0.6) is 0 Å². The molecule has 0 fully saturated rings. The monoisotopic (exact) mass is 314 g/mol. The summed E-state index contributed by atoms with van der Waals surface area (Å²) in [4.78, 5) is 10.8. The molecule has 0 aliphatic rings. The molecule has 0 unspecified atom stereocenters. The number of aliphatic carboxylic acids is 1. The number of hydrogen-bond acceptors (Lipinski definition) is 4. The molecule has 7 heteroatoms. The molecule has 0 radical (unpaired) electrons. The smallest absolute Gasteiger partial charge is 0.305 e. The van der Waals surface area contributed by atoms with E-state index in [2.05, 4.69) is 0 Å². The van der Waals surface area contributed by atoms with Crippen molar-refractivity contribution in [2.75, 3.05) is 22.3 Å². The lowest BCUT2D eigenvalue weighted by Crippen LogP contribution is -2.38. The van der Waals surface area contributed by atoms with Crippen LogP contribution in [0.4, 0.5) is 11.4 Å². The zero-order chi connectivity index (χ0) is 16.3. The van der Waals surface area contributed by atoms with Crippen LogP contribution in [0.15, 0.2) is 24.3 Å². The summed E-state index contributed by atoms with van der Waals surface area (Å²) in [5.41, 5.74) is 6.02. The first-order chi connectivity index (χ1) is 9.53. The van der Waals surface area contributed by atoms with Crippen LogP contribution in [-0.4, -0.2) is 31.8 Å². The fourth-order valence-corrected chi connectivity index (χ4v) is 4.03. The van der Waals surface area contributed by atoms with Crippen molar-refractivity contribution in [1.29, 1.82) is 0 Å². The Morgan fingerprint density at radius 1 is 1.29 bits per heavy atom. The largest absolute Gasteiger partial charge is 0.481 e. The first-order valence-corrected chi connectivity index (χ1v) is 8.20. The first-order valence-electron chi connectivity index (χ1n) is 6.60. The van der Waals surface area contributed by atoms with Crippen LogP contribution in [0.1, 0.15) is 27.2 Å². The number of para-hydroxylation sites is 2. The van der Waals surface area contributed by atoms with Crippen molar-refractivity contribution in [2.45, 2.75) is 27.2 Å². The van der Waals surface area contributed by atoms with E-state index in [0.717, 1.165) is 4.31 Å². The molecular formula is C14H22N2O4S. The number of rotatable bonds is 6. The number of hydrogen-bond donors (Lipinski definition) is 2. The lowest BCUT2D eigenvalue weighted by atomic mass is 10.0. The highest BCUT2D eigenvalue weighted by molar-refractivity contribution is 7.92. The maximum Gasteiger partial charge on any atom is 0.305 e. The molecular weight excluding hydrogens is 292 g/mol. The van der Waals surface area contributed by atoms with Gasteiger partial charge in [0.25, 0.3) is 0 Å². The van der Waals surface area contributed by atoms with E-state index in [1.165, 1.54) is 0 Å². The number of carbonyl (C=O) groups is 1. The van der Waals surface area contributed by atoms with Gasteiger partial charge in [-0.2, -0.15) is 0 Å². The van der Waals surface area contributed by atoms with Crippen LogP contribution in [0.2, 0.25) is 0 Å². The number of nitrogens with zero attached hydrogens (tertiary/aromatic N) is 1. The number of nitrogen functional groups attached to an aromatic ring is 1. The molecule has 0 saturated heterocycles. The lowest BCUT2D eigenvalue weighted by molar-refractivity contribution is -0.136. The minimum Gasteiger partial charge on any atom is -0.481 e. The van der Waals surface area contributed by atoms with Gasteiger partial charge in [-0.3, -0.25) is 9.10 Å². The van der Waals surface area contributed by atoms with Crippen molar-refractivity contribution in [1.82, 2.24) is 0 Å². The van der Waals surface area contributed by atoms with E-state index in [1.807, 2.05) is 20.8 Å². The van der Waals surface area contributed by atoms with Crippen LogP contribution in [-0.2, 0) is 14.8 Å². The van der Waals surface area contributed by atoms with Crippen molar-refractivity contribution in [3.05, 3.63) is 24.3 Å². The summed E-state index contributed by atoms with van der Waals surface area (Å²) in [7, 11) is -3.66. The van der Waals surface area contributed by atoms with Crippen molar-refractivity contribution in [3.8, 4) is 0 Å². The molecule has 0 aliphatic heterocycles. The predicted octanol–water partition coefficient (Wildman–Crippen LogP) is 1.93. The fourth-order valence-electron chi connectivity index (χ4n) is 1.95. The second-order valence-electron chi connectivity index (χ2n) is 6.09. The van der Waals surface area contributed by atoms with Crippen molar-refractivity contribution in [2.24, 2.45) is 5.41 Å². The molecule has 1 aromatic carbocycles. The molecule has 6 nitrogen and oxygen atoms in total. The molecule has 0 saturated carbocycles. The van der Waals surface area contributed by atoms with Gasteiger partial charge in [-0.15, -0.1) is 0 Å². The number of benzene rings is 1. The number of nitrogens with two attached hydrogens (primary N) is 1. The highest BCUT2D eigenvalue weighted by Crippen LogP contribution is 2.28. The molecule has 0 aliphatic carbocycles. The van der Waals surface area contributed by atoms with Crippen LogP contribution in [0, 0.1) is 5.41 Å². The molecule has 21 heavy (non-hydrogen) atoms. The van der Waals surface area contributed by atoms with Gasteiger partial charge in [0.05, 0.1) is 23.5 Å². The summed E-state index contributed by atoms with van der Waals surface area (Å²) >= 11 is 0. The maximum atomic E-state index is 12.6. The molecule has 0 spiro atoms. The Morgan fingerprint density at radius 3 is 2.33 bits per heavy atom. The SMILES string of the molecule is CC(C)(C)CS(=O)(=O)N(CCC(=O)O)c1ccccc1N. The van der Waals surface area contributed by atoms with Gasteiger partial charge in [0.1, 0.15) is 0 Å². The Labute approximate surface area is 125 Å². The van der Waals surface area contributed by atoms with Gasteiger partial charge in [-0.25, -0.2) is 8.42 Å². The molecule has 1 rings (SSSR count). The van der Waals surface area contributed by atoms with Crippen molar-refractivity contribution in [3.63, 3.8) is 0 Å². The number of carboxylic acid groups (broad SMARTS) is 1. The Kier molecular flexibility index (Phi) is 5.22. The summed E-state index contributed by atoms with van der Waals surface area (Å²) in [6.07, 6.45) is -0.280. The maximum absolute atomic E-state index is 12.6. The van der Waals surface area contributed by atoms with Crippen LogP contribution in [0.3, 0.4) is 0 Å². The first kappa shape index (κ1) is 17.3. The van der Waals surface area contributed by atoms with Gasteiger partial charge in [0.15, 0.2) is 0 Å². The standard InChI is InChI=1S/C14H22N2O4S/c1-14(2,3)10-21(19,20)16(9-8-13(17)18)12-7-5-4-6-11(12)15/h4-7H,8-10,15H2,1-3H3,(H,17,18). The zero-order valence-electron chi connectivity index (χ0n) is 12.5. The second-order valence-corrected chi connectivity index (χ2v) is 7.98. The summed E-state index contributed by atoms with van der Waals surface area (Å²) in [6.45, 7) is 5.30. The van der Waals surface area contributed by atoms with Crippen molar-refractivity contribution < 1.29 is 18.3 Å². The highest BCUT2D eigenvalue weighted by Gasteiger charge is 2.29. The van der Waals surface area contributed by atoms with Crippen molar-refractivity contribution >= 4 is 27.4 Å². The molecule has 0 atom stereocenters. The third-order valence-corrected chi connectivity index (χ3v) is 4.97. The van der Waals surface area contributed by atoms with Crippen LogP contribution in [0.25, 0.3) is 0 Å². The quantitative estimate of drug-likeness (QED) is 0.781. The minimum atomic E-state index is -3.66. The minimum absolute atomic E-state index is 0.0893. The topological polar surface area (TPSA) is 101 Å². The fraction of sp³-hybridized carbons (Fsp3) is 0.500. The summed E-state index contributed by atoms with van der Waals surface area (Å²) in [5.74, 6) is -1.14. The van der Waals surface area contributed by atoms with Gasteiger partial charge in [0, 0.05) is 6.54 Å². The van der Waals surface area contributed by atoms with E-state index in [0.29, 0.717) is 11.4 Å². The van der Waals surface area contributed by atoms with Gasteiger partial charge >= 0.3 is 5.97 Å². The summed E-state index contributed by atoms with van der Waals surface area (Å²) in [6, 6.07) is 6.55. The van der Waals surface area contributed by atoms with Gasteiger partial charge in [-0.1, -0.05) is 32.9 Å². The molecule has 0 bridgehead atoms. The Hall–Kier alpha value is -1.76. The predicted molar refractivity (Wildman–Crippen MR) is 83.7 cm³/mol. The van der Waals surface area contributed by atoms with E-state index in [4.69, 9.17) is 10.8 Å².